The third kappa shape index (κ3) is 10.8. The van der Waals surface area contributed by atoms with Gasteiger partial charge in [-0.1, -0.05) is 13.8 Å². The normalized spacial score (nSPS) is 10.0. The van der Waals surface area contributed by atoms with Gasteiger partial charge in [0.1, 0.15) is 0 Å². The van der Waals surface area contributed by atoms with E-state index in [0.717, 1.165) is 25.9 Å². The van der Waals surface area contributed by atoms with E-state index in [9.17, 15) is 4.79 Å². The Balaban J connectivity index is 3.21. The summed E-state index contributed by atoms with van der Waals surface area (Å²) in [7, 11) is 0. The molecule has 86 valence electrons. The van der Waals surface area contributed by atoms with Crippen molar-refractivity contribution in [2.75, 3.05) is 19.6 Å². The maximum Gasteiger partial charge on any atom is 0.233 e. The van der Waals surface area contributed by atoms with E-state index in [2.05, 4.69) is 30.6 Å². The molecule has 0 aliphatic heterocycles. The van der Waals surface area contributed by atoms with Crippen LogP contribution in [0.15, 0.2) is 0 Å². The van der Waals surface area contributed by atoms with Crippen LogP contribution < -0.4 is 10.6 Å². The van der Waals surface area contributed by atoms with Crippen molar-refractivity contribution in [2.45, 2.75) is 33.1 Å². The van der Waals surface area contributed by atoms with E-state index in [1.54, 1.807) is 0 Å². The molecule has 0 aromatic carbocycles. The van der Waals surface area contributed by atoms with Crippen LogP contribution in [0, 0.1) is 17.2 Å². The average Bonchev–Trinajstić information content (AvgIpc) is 2.20. The Hall–Kier alpha value is -1.08. The number of carbonyl (C=O) groups is 1. The zero-order valence-corrected chi connectivity index (χ0v) is 9.68. The molecule has 1 amide bonds. The molecule has 0 spiro atoms. The van der Waals surface area contributed by atoms with Crippen molar-refractivity contribution in [2.24, 2.45) is 5.92 Å². The molecule has 0 heterocycles. The highest BCUT2D eigenvalue weighted by atomic mass is 16.1. The van der Waals surface area contributed by atoms with Gasteiger partial charge in [0.15, 0.2) is 0 Å². The maximum atomic E-state index is 11.2. The summed E-state index contributed by atoms with van der Waals surface area (Å²) in [5.74, 6) is 0.536. The summed E-state index contributed by atoms with van der Waals surface area (Å²) >= 11 is 0. The second kappa shape index (κ2) is 9.47. The number of amides is 1. The molecule has 0 saturated carbocycles. The highest BCUT2D eigenvalue weighted by Gasteiger charge is 2.00. The Bertz CT molecular complexity index is 208. The predicted molar refractivity (Wildman–Crippen MR) is 60.2 cm³/mol. The Morgan fingerprint density at radius 1 is 1.40 bits per heavy atom. The molecule has 0 radical (unpaired) electrons. The fourth-order valence-corrected chi connectivity index (χ4v) is 1.04. The van der Waals surface area contributed by atoms with Crippen LogP contribution in [0.25, 0.3) is 0 Å². The maximum absolute atomic E-state index is 11.2. The van der Waals surface area contributed by atoms with Crippen molar-refractivity contribution in [1.29, 1.82) is 5.26 Å². The third-order valence-electron chi connectivity index (χ3n) is 1.89. The highest BCUT2D eigenvalue weighted by molar-refractivity contribution is 5.77. The van der Waals surface area contributed by atoms with E-state index in [1.807, 2.05) is 0 Å². The molecule has 0 atom stereocenters. The van der Waals surface area contributed by atoms with Crippen LogP contribution in [0.5, 0.6) is 0 Å². The molecule has 4 nitrogen and oxygen atoms in total. The number of hydrogen-bond donors (Lipinski definition) is 2. The number of rotatable bonds is 8. The Labute approximate surface area is 92.0 Å². The van der Waals surface area contributed by atoms with Gasteiger partial charge in [0.25, 0.3) is 0 Å². The molecule has 0 fully saturated rings. The molecular weight excluding hydrogens is 190 g/mol. The van der Waals surface area contributed by atoms with Crippen LogP contribution in [0.3, 0.4) is 0 Å². The number of nitrogens with one attached hydrogen (secondary N) is 2. The van der Waals surface area contributed by atoms with Gasteiger partial charge in [0, 0.05) is 13.0 Å². The minimum Gasteiger partial charge on any atom is -0.355 e. The Kier molecular flexibility index (Phi) is 8.79. The summed E-state index contributed by atoms with van der Waals surface area (Å²) in [5.41, 5.74) is 0. The minimum absolute atomic E-state index is 0.0454. The monoisotopic (exact) mass is 211 g/mol. The zero-order valence-electron chi connectivity index (χ0n) is 9.68. The number of nitrogens with zero attached hydrogens (tertiary/aromatic N) is 1. The van der Waals surface area contributed by atoms with Gasteiger partial charge in [-0.3, -0.25) is 4.79 Å². The molecule has 0 aliphatic rings. The second-order valence-electron chi connectivity index (χ2n) is 3.99. The predicted octanol–water partition coefficient (Wildman–Crippen LogP) is 1.04. The minimum atomic E-state index is 0.0454. The molecule has 15 heavy (non-hydrogen) atoms. The number of carbonyl (C=O) groups excluding carboxylic acids is 1. The lowest BCUT2D eigenvalue weighted by Crippen LogP contribution is -2.36. The Morgan fingerprint density at radius 2 is 2.13 bits per heavy atom. The number of nitriles is 1. The van der Waals surface area contributed by atoms with Gasteiger partial charge >= 0.3 is 0 Å². The second-order valence-corrected chi connectivity index (χ2v) is 3.99. The summed E-state index contributed by atoms with van der Waals surface area (Å²) in [5, 5.41) is 14.2. The van der Waals surface area contributed by atoms with Crippen LogP contribution in [-0.2, 0) is 4.79 Å². The highest BCUT2D eigenvalue weighted by Crippen LogP contribution is 1.91. The van der Waals surface area contributed by atoms with E-state index in [0.29, 0.717) is 18.9 Å². The van der Waals surface area contributed by atoms with Gasteiger partial charge in [-0.2, -0.15) is 5.26 Å². The Morgan fingerprint density at radius 3 is 2.73 bits per heavy atom. The fourth-order valence-electron chi connectivity index (χ4n) is 1.04. The lowest BCUT2D eigenvalue weighted by atomic mass is 10.2. The summed E-state index contributed by atoms with van der Waals surface area (Å²) in [6.45, 7) is 6.04. The van der Waals surface area contributed by atoms with Gasteiger partial charge in [-0.25, -0.2) is 0 Å². The van der Waals surface area contributed by atoms with Crippen LogP contribution in [-0.4, -0.2) is 25.5 Å². The number of unbranched alkanes of at least 4 members (excludes halogenated alkanes) is 2. The van der Waals surface area contributed by atoms with E-state index < -0.39 is 0 Å². The molecule has 0 aliphatic carbocycles. The van der Waals surface area contributed by atoms with Crippen molar-refractivity contribution < 1.29 is 4.79 Å². The standard InChI is InChI=1S/C11H21N3O/c1-10(2)8-14-11(15)9-13-7-5-3-4-6-12/h10,13H,3-5,7-9H2,1-2H3,(H,14,15). The van der Waals surface area contributed by atoms with Crippen LogP contribution in [0.1, 0.15) is 33.1 Å². The van der Waals surface area contributed by atoms with E-state index in [-0.39, 0.29) is 5.91 Å². The molecule has 0 rings (SSSR count). The molecule has 0 bridgehead atoms. The SMILES string of the molecule is CC(C)CNC(=O)CNCCCCC#N. The van der Waals surface area contributed by atoms with Crippen molar-refractivity contribution in [1.82, 2.24) is 10.6 Å². The summed E-state index contributed by atoms with van der Waals surface area (Å²) in [6.07, 6.45) is 2.45. The first-order chi connectivity index (χ1) is 7.16. The fraction of sp³-hybridized carbons (Fsp3) is 0.818. The van der Waals surface area contributed by atoms with Gasteiger partial charge in [0.05, 0.1) is 12.6 Å². The first-order valence-corrected chi connectivity index (χ1v) is 5.51. The first kappa shape index (κ1) is 13.9. The quantitative estimate of drug-likeness (QED) is 0.590. The zero-order chi connectivity index (χ0) is 11.5. The number of hydrogen-bond acceptors (Lipinski definition) is 3. The largest absolute Gasteiger partial charge is 0.355 e. The van der Waals surface area contributed by atoms with E-state index >= 15 is 0 Å². The first-order valence-electron chi connectivity index (χ1n) is 5.51. The summed E-state index contributed by atoms with van der Waals surface area (Å²) in [4.78, 5) is 11.2. The van der Waals surface area contributed by atoms with Gasteiger partial charge in [0.2, 0.25) is 5.91 Å². The molecule has 2 N–H and O–H groups in total. The molecule has 0 aromatic rings. The van der Waals surface area contributed by atoms with Gasteiger partial charge < -0.3 is 10.6 Å². The van der Waals surface area contributed by atoms with Crippen molar-refractivity contribution in [3.63, 3.8) is 0 Å². The van der Waals surface area contributed by atoms with Gasteiger partial charge in [-0.15, -0.1) is 0 Å². The van der Waals surface area contributed by atoms with Crippen LogP contribution >= 0.6 is 0 Å². The van der Waals surface area contributed by atoms with E-state index in [1.165, 1.54) is 0 Å². The van der Waals surface area contributed by atoms with E-state index in [4.69, 9.17) is 5.26 Å². The summed E-state index contributed by atoms with van der Waals surface area (Å²) in [6, 6.07) is 2.09. The third-order valence-corrected chi connectivity index (χ3v) is 1.89. The van der Waals surface area contributed by atoms with Crippen LogP contribution in [0.2, 0.25) is 0 Å². The summed E-state index contributed by atoms with van der Waals surface area (Å²) < 4.78 is 0. The molecule has 4 heteroatoms. The lowest BCUT2D eigenvalue weighted by Gasteiger charge is -2.08. The molecule has 0 saturated heterocycles. The van der Waals surface area contributed by atoms with Gasteiger partial charge in [-0.05, 0) is 25.3 Å². The molecular formula is C11H21N3O. The van der Waals surface area contributed by atoms with Crippen LogP contribution in [0.4, 0.5) is 0 Å². The molecule has 0 unspecified atom stereocenters. The lowest BCUT2D eigenvalue weighted by molar-refractivity contribution is -0.120. The topological polar surface area (TPSA) is 64.9 Å². The van der Waals surface area contributed by atoms with Crippen molar-refractivity contribution >= 4 is 5.91 Å². The van der Waals surface area contributed by atoms with Crippen molar-refractivity contribution in [3.8, 4) is 6.07 Å². The average molecular weight is 211 g/mol. The van der Waals surface area contributed by atoms with Crippen molar-refractivity contribution in [3.05, 3.63) is 0 Å². The molecule has 0 aromatic heterocycles. The smallest absolute Gasteiger partial charge is 0.233 e.